The first-order valence-electron chi connectivity index (χ1n) is 8.74. The predicted octanol–water partition coefficient (Wildman–Crippen LogP) is 3.25. The molecule has 1 saturated heterocycles. The van der Waals surface area contributed by atoms with Gasteiger partial charge in [-0.3, -0.25) is 4.79 Å². The highest BCUT2D eigenvalue weighted by atomic mass is 19.3. The Bertz CT molecular complexity index is 629. The van der Waals surface area contributed by atoms with E-state index in [9.17, 15) is 13.6 Å². The summed E-state index contributed by atoms with van der Waals surface area (Å²) in [7, 11) is 3.20. The molecule has 5 nitrogen and oxygen atoms in total. The number of carbonyl (C=O) groups excluding carboxylic acids is 1. The molecule has 0 atom stereocenters. The van der Waals surface area contributed by atoms with Crippen LogP contribution in [0.15, 0.2) is 24.3 Å². The molecule has 2 rings (SSSR count). The van der Waals surface area contributed by atoms with Gasteiger partial charge in [0.05, 0.1) is 7.11 Å². The molecule has 1 aromatic carbocycles. The number of likely N-dealkylation sites (N-methyl/N-ethyl adjacent to an activating group) is 1. The molecule has 1 aliphatic rings. The van der Waals surface area contributed by atoms with Gasteiger partial charge < -0.3 is 19.3 Å². The lowest BCUT2D eigenvalue weighted by atomic mass is 10.0. The molecule has 0 bridgehead atoms. The number of methoxy groups -OCH3 is 1. The summed E-state index contributed by atoms with van der Waals surface area (Å²) >= 11 is 0. The highest BCUT2D eigenvalue weighted by molar-refractivity contribution is 5.91. The van der Waals surface area contributed by atoms with Crippen molar-refractivity contribution in [3.05, 3.63) is 29.8 Å². The van der Waals surface area contributed by atoms with Crippen molar-refractivity contribution >= 4 is 12.0 Å². The van der Waals surface area contributed by atoms with Gasteiger partial charge in [-0.15, -0.1) is 0 Å². The Hall–Kier alpha value is -2.15. The lowest BCUT2D eigenvalue weighted by Gasteiger charge is -2.35. The van der Waals surface area contributed by atoms with E-state index >= 15 is 0 Å². The maximum atomic E-state index is 12.4. The molecule has 1 aromatic rings. The van der Waals surface area contributed by atoms with Crippen LogP contribution in [0.5, 0.6) is 11.5 Å². The summed E-state index contributed by atoms with van der Waals surface area (Å²) in [4.78, 5) is 16.6. The molecule has 0 spiro atoms. The van der Waals surface area contributed by atoms with E-state index in [0.717, 1.165) is 32.5 Å². The molecule has 26 heavy (non-hydrogen) atoms. The Morgan fingerprint density at radius 3 is 2.62 bits per heavy atom. The Balaban J connectivity index is 1.98. The molecule has 0 saturated carbocycles. The molecule has 0 aromatic heterocycles. The van der Waals surface area contributed by atoms with Gasteiger partial charge in [-0.2, -0.15) is 8.78 Å². The summed E-state index contributed by atoms with van der Waals surface area (Å²) in [6, 6.07) is 4.80. The number of alkyl halides is 2. The molecule has 1 aliphatic heterocycles. The largest absolute Gasteiger partial charge is 0.493 e. The van der Waals surface area contributed by atoms with Crippen molar-refractivity contribution in [2.45, 2.75) is 32.4 Å². The van der Waals surface area contributed by atoms with Crippen LogP contribution in [0.1, 0.15) is 25.3 Å². The first kappa shape index (κ1) is 20.2. The lowest BCUT2D eigenvalue weighted by Crippen LogP contribution is -2.45. The summed E-state index contributed by atoms with van der Waals surface area (Å²) in [5.41, 5.74) is 0.672. The lowest BCUT2D eigenvalue weighted by molar-refractivity contribution is -0.127. The molecule has 0 aliphatic carbocycles. The summed E-state index contributed by atoms with van der Waals surface area (Å²) < 4.78 is 34.2. The molecule has 144 valence electrons. The van der Waals surface area contributed by atoms with Crippen LogP contribution in [-0.2, 0) is 4.79 Å². The fourth-order valence-corrected chi connectivity index (χ4v) is 3.07. The van der Waals surface area contributed by atoms with E-state index in [1.54, 1.807) is 23.1 Å². The van der Waals surface area contributed by atoms with E-state index in [1.807, 2.05) is 7.05 Å². The second-order valence-electron chi connectivity index (χ2n) is 6.24. The van der Waals surface area contributed by atoms with Crippen LogP contribution >= 0.6 is 0 Å². The van der Waals surface area contributed by atoms with Crippen LogP contribution in [0.25, 0.3) is 6.08 Å². The van der Waals surface area contributed by atoms with E-state index in [2.05, 4.69) is 16.6 Å². The van der Waals surface area contributed by atoms with Crippen LogP contribution in [0.2, 0.25) is 0 Å². The maximum Gasteiger partial charge on any atom is 0.387 e. The highest BCUT2D eigenvalue weighted by Crippen LogP contribution is 2.29. The van der Waals surface area contributed by atoms with E-state index in [0.29, 0.717) is 5.56 Å². The zero-order valence-electron chi connectivity index (χ0n) is 15.5. The first-order valence-corrected chi connectivity index (χ1v) is 8.74. The Labute approximate surface area is 153 Å². The number of nitrogens with zero attached hydrogens (tertiary/aromatic N) is 2. The topological polar surface area (TPSA) is 42.0 Å². The van der Waals surface area contributed by atoms with E-state index < -0.39 is 6.61 Å². The summed E-state index contributed by atoms with van der Waals surface area (Å²) in [5.74, 6) is 0.0813. The van der Waals surface area contributed by atoms with Crippen LogP contribution in [-0.4, -0.2) is 62.2 Å². The number of carbonyl (C=O) groups is 1. The average molecular weight is 368 g/mol. The number of likely N-dealkylation sites (tertiary alicyclic amines) is 1. The number of ether oxygens (including phenoxy) is 2. The van der Waals surface area contributed by atoms with Gasteiger partial charge in [0.25, 0.3) is 0 Å². The minimum absolute atomic E-state index is 0.0363. The van der Waals surface area contributed by atoms with E-state index in [-0.39, 0.29) is 23.4 Å². The molecule has 0 unspecified atom stereocenters. The molecule has 7 heteroatoms. The van der Waals surface area contributed by atoms with Crippen molar-refractivity contribution in [2.24, 2.45) is 0 Å². The minimum atomic E-state index is -2.92. The number of hydrogen-bond acceptors (Lipinski definition) is 4. The second kappa shape index (κ2) is 9.52. The summed E-state index contributed by atoms with van der Waals surface area (Å²) in [5, 5.41) is 0. The smallest absolute Gasteiger partial charge is 0.387 e. The Morgan fingerprint density at radius 2 is 2.04 bits per heavy atom. The monoisotopic (exact) mass is 368 g/mol. The van der Waals surface area contributed by atoms with Gasteiger partial charge in [-0.25, -0.2) is 0 Å². The number of piperidine rings is 1. The molecule has 0 N–H and O–H groups in total. The fraction of sp³-hybridized carbons (Fsp3) is 0.526. The quantitative estimate of drug-likeness (QED) is 0.693. The van der Waals surface area contributed by atoms with Crippen LogP contribution in [0.3, 0.4) is 0 Å². The SMILES string of the molecule is CCN1CCC(N(C)C(=O)/C=C/c2ccc(OC(F)F)c(OC)c2)CC1. The third-order valence-electron chi connectivity index (χ3n) is 4.72. The molecule has 1 fully saturated rings. The van der Waals surface area contributed by atoms with E-state index in [4.69, 9.17) is 4.74 Å². The van der Waals surface area contributed by atoms with Gasteiger partial charge in [0.2, 0.25) is 5.91 Å². The van der Waals surface area contributed by atoms with Gasteiger partial charge in [0.1, 0.15) is 0 Å². The minimum Gasteiger partial charge on any atom is -0.493 e. The van der Waals surface area contributed by atoms with Crippen molar-refractivity contribution in [3.63, 3.8) is 0 Å². The summed E-state index contributed by atoms with van der Waals surface area (Å²) in [6.45, 7) is 2.28. The highest BCUT2D eigenvalue weighted by Gasteiger charge is 2.23. The van der Waals surface area contributed by atoms with Crippen molar-refractivity contribution in [3.8, 4) is 11.5 Å². The van der Waals surface area contributed by atoms with Crippen molar-refractivity contribution in [1.29, 1.82) is 0 Å². The third kappa shape index (κ3) is 5.42. The maximum absolute atomic E-state index is 12.4. The molecular formula is C19H26F2N2O3. The van der Waals surface area contributed by atoms with Crippen LogP contribution in [0, 0.1) is 0 Å². The van der Waals surface area contributed by atoms with Gasteiger partial charge in [-0.1, -0.05) is 13.0 Å². The van der Waals surface area contributed by atoms with Gasteiger partial charge in [-0.05, 0) is 43.2 Å². The van der Waals surface area contributed by atoms with E-state index in [1.165, 1.54) is 19.3 Å². The molecule has 0 radical (unpaired) electrons. The molecule has 1 heterocycles. The average Bonchev–Trinajstić information content (AvgIpc) is 2.65. The van der Waals surface area contributed by atoms with Crippen molar-refractivity contribution in [1.82, 2.24) is 9.80 Å². The Morgan fingerprint density at radius 1 is 1.35 bits per heavy atom. The fourth-order valence-electron chi connectivity index (χ4n) is 3.07. The Kier molecular flexibility index (Phi) is 7.38. The molecular weight excluding hydrogens is 342 g/mol. The van der Waals surface area contributed by atoms with Gasteiger partial charge >= 0.3 is 6.61 Å². The summed E-state index contributed by atoms with van der Waals surface area (Å²) in [6.07, 6.45) is 5.08. The zero-order chi connectivity index (χ0) is 19.1. The number of amides is 1. The van der Waals surface area contributed by atoms with Crippen molar-refractivity contribution < 1.29 is 23.0 Å². The molecule has 1 amide bonds. The standard InChI is InChI=1S/C19H26F2N2O3/c1-4-23-11-9-15(10-12-23)22(2)18(24)8-6-14-5-7-16(26-19(20)21)17(13-14)25-3/h5-8,13,15,19H,4,9-12H2,1-3H3/b8-6+. The number of hydrogen-bond donors (Lipinski definition) is 0. The normalized spacial score (nSPS) is 16.2. The second-order valence-corrected chi connectivity index (χ2v) is 6.24. The van der Waals surface area contributed by atoms with Crippen LogP contribution in [0.4, 0.5) is 8.78 Å². The van der Waals surface area contributed by atoms with Gasteiger partial charge in [0.15, 0.2) is 11.5 Å². The van der Waals surface area contributed by atoms with Gasteiger partial charge in [0, 0.05) is 32.3 Å². The number of benzene rings is 1. The van der Waals surface area contributed by atoms with Crippen LogP contribution < -0.4 is 9.47 Å². The third-order valence-corrected chi connectivity index (χ3v) is 4.72. The number of rotatable bonds is 7. The zero-order valence-corrected chi connectivity index (χ0v) is 15.5. The number of halogens is 2. The predicted molar refractivity (Wildman–Crippen MR) is 96.6 cm³/mol. The van der Waals surface area contributed by atoms with Crippen molar-refractivity contribution in [2.75, 3.05) is 33.8 Å². The first-order chi connectivity index (χ1) is 12.4.